The number of methoxy groups -OCH3 is 1. The van der Waals surface area contributed by atoms with Gasteiger partial charge in [0.2, 0.25) is 0 Å². The highest BCUT2D eigenvalue weighted by Gasteiger charge is 2.28. The van der Waals surface area contributed by atoms with E-state index in [4.69, 9.17) is 10.5 Å². The molecule has 112 valence electrons. The molecule has 0 amide bonds. The minimum Gasteiger partial charge on any atom is -0.504 e. The van der Waals surface area contributed by atoms with Crippen molar-refractivity contribution >= 4 is 0 Å². The third-order valence-corrected chi connectivity index (χ3v) is 4.15. The molecule has 4 heteroatoms. The number of ether oxygens (including phenoxy) is 1. The Morgan fingerprint density at radius 3 is 2.55 bits per heavy atom. The lowest BCUT2D eigenvalue weighted by Gasteiger charge is -2.40. The fourth-order valence-corrected chi connectivity index (χ4v) is 3.36. The van der Waals surface area contributed by atoms with Crippen LogP contribution in [0, 0.1) is 11.8 Å². The Morgan fingerprint density at radius 1 is 1.35 bits per heavy atom. The third kappa shape index (κ3) is 3.25. The Kier molecular flexibility index (Phi) is 4.89. The Balaban J connectivity index is 2.23. The molecule has 0 aromatic heterocycles. The fraction of sp³-hybridized carbons (Fsp3) is 0.625. The third-order valence-electron chi connectivity index (χ3n) is 4.15. The van der Waals surface area contributed by atoms with Crippen molar-refractivity contribution in [3.05, 3.63) is 23.8 Å². The molecule has 1 aromatic rings. The van der Waals surface area contributed by atoms with E-state index in [1.54, 1.807) is 13.2 Å². The van der Waals surface area contributed by atoms with Gasteiger partial charge in [0.05, 0.1) is 7.11 Å². The van der Waals surface area contributed by atoms with Gasteiger partial charge in [-0.2, -0.15) is 0 Å². The van der Waals surface area contributed by atoms with Crippen molar-refractivity contribution in [3.63, 3.8) is 0 Å². The van der Waals surface area contributed by atoms with Gasteiger partial charge in [-0.1, -0.05) is 19.9 Å². The van der Waals surface area contributed by atoms with Crippen molar-refractivity contribution in [1.82, 2.24) is 4.90 Å². The monoisotopic (exact) mass is 278 g/mol. The Hall–Kier alpha value is -1.26. The van der Waals surface area contributed by atoms with Gasteiger partial charge in [0.25, 0.3) is 0 Å². The minimum absolute atomic E-state index is 0.174. The highest BCUT2D eigenvalue weighted by Crippen LogP contribution is 2.33. The lowest BCUT2D eigenvalue weighted by atomic mass is 9.89. The molecule has 1 aromatic carbocycles. The Morgan fingerprint density at radius 2 is 2.00 bits per heavy atom. The first kappa shape index (κ1) is 15.1. The van der Waals surface area contributed by atoms with Crippen molar-refractivity contribution in [2.75, 3.05) is 26.7 Å². The molecule has 1 aliphatic rings. The van der Waals surface area contributed by atoms with Gasteiger partial charge in [-0.05, 0) is 36.0 Å². The Bertz CT molecular complexity index is 440. The van der Waals surface area contributed by atoms with E-state index in [0.29, 0.717) is 24.1 Å². The summed E-state index contributed by atoms with van der Waals surface area (Å²) in [6.07, 6.45) is 1.28. The zero-order valence-corrected chi connectivity index (χ0v) is 12.7. The fourth-order valence-electron chi connectivity index (χ4n) is 3.36. The van der Waals surface area contributed by atoms with Gasteiger partial charge in [-0.15, -0.1) is 0 Å². The number of benzene rings is 1. The summed E-state index contributed by atoms with van der Waals surface area (Å²) in [5, 5.41) is 9.71. The smallest absolute Gasteiger partial charge is 0.160 e. The number of phenolic OH excluding ortho intramolecular Hbond substituents is 1. The van der Waals surface area contributed by atoms with Gasteiger partial charge < -0.3 is 15.6 Å². The summed E-state index contributed by atoms with van der Waals surface area (Å²) >= 11 is 0. The zero-order chi connectivity index (χ0) is 14.7. The normalized spacial score (nSPS) is 25.4. The van der Waals surface area contributed by atoms with Crippen LogP contribution in [-0.4, -0.2) is 36.8 Å². The van der Waals surface area contributed by atoms with Gasteiger partial charge in [0.15, 0.2) is 11.5 Å². The average Bonchev–Trinajstić information content (AvgIpc) is 2.40. The molecule has 1 fully saturated rings. The van der Waals surface area contributed by atoms with E-state index in [1.807, 2.05) is 12.1 Å². The summed E-state index contributed by atoms with van der Waals surface area (Å²) in [4.78, 5) is 2.46. The van der Waals surface area contributed by atoms with Gasteiger partial charge >= 0.3 is 0 Å². The molecule has 1 aliphatic heterocycles. The highest BCUT2D eigenvalue weighted by atomic mass is 16.5. The predicted molar refractivity (Wildman–Crippen MR) is 81.0 cm³/mol. The molecule has 1 heterocycles. The number of aromatic hydroxyl groups is 1. The zero-order valence-electron chi connectivity index (χ0n) is 12.7. The van der Waals surface area contributed by atoms with Crippen LogP contribution in [0.2, 0.25) is 0 Å². The average molecular weight is 278 g/mol. The van der Waals surface area contributed by atoms with E-state index in [1.165, 1.54) is 6.42 Å². The standard InChI is InChI=1S/C16H26N2O2/c1-11-6-12(2)10-18(9-11)14(8-17)13-4-5-15(19)16(7-13)20-3/h4-5,7,11-12,14,19H,6,8-10,17H2,1-3H3. The van der Waals surface area contributed by atoms with Crippen molar-refractivity contribution in [2.45, 2.75) is 26.3 Å². The van der Waals surface area contributed by atoms with Crippen LogP contribution in [0.4, 0.5) is 0 Å². The molecular formula is C16H26N2O2. The molecule has 0 saturated carbocycles. The molecule has 4 nitrogen and oxygen atoms in total. The number of nitrogens with two attached hydrogens (primary N) is 1. The number of hydrogen-bond acceptors (Lipinski definition) is 4. The molecule has 0 bridgehead atoms. The first-order valence-corrected chi connectivity index (χ1v) is 7.36. The van der Waals surface area contributed by atoms with Crippen LogP contribution in [0.1, 0.15) is 31.9 Å². The lowest BCUT2D eigenvalue weighted by Crippen LogP contribution is -2.43. The van der Waals surface area contributed by atoms with E-state index in [9.17, 15) is 5.11 Å². The molecule has 0 radical (unpaired) electrons. The summed E-state index contributed by atoms with van der Waals surface area (Å²) in [7, 11) is 1.57. The predicted octanol–water partition coefficient (Wildman–Crippen LogP) is 2.38. The van der Waals surface area contributed by atoms with Gasteiger partial charge in [-0.3, -0.25) is 4.90 Å². The number of piperidine rings is 1. The maximum atomic E-state index is 9.71. The maximum absolute atomic E-state index is 9.71. The molecular weight excluding hydrogens is 252 g/mol. The summed E-state index contributed by atoms with van der Waals surface area (Å²) in [5.41, 5.74) is 7.13. The van der Waals surface area contributed by atoms with Crippen molar-refractivity contribution in [1.29, 1.82) is 0 Å². The van der Waals surface area contributed by atoms with Crippen LogP contribution in [0.3, 0.4) is 0 Å². The van der Waals surface area contributed by atoms with Crippen molar-refractivity contribution < 1.29 is 9.84 Å². The van der Waals surface area contributed by atoms with E-state index in [-0.39, 0.29) is 11.8 Å². The topological polar surface area (TPSA) is 58.7 Å². The van der Waals surface area contributed by atoms with E-state index in [0.717, 1.165) is 18.7 Å². The van der Waals surface area contributed by atoms with Crippen molar-refractivity contribution in [2.24, 2.45) is 17.6 Å². The van der Waals surface area contributed by atoms with Crippen LogP contribution >= 0.6 is 0 Å². The molecule has 0 spiro atoms. The van der Waals surface area contributed by atoms with Gasteiger partial charge in [-0.25, -0.2) is 0 Å². The lowest BCUT2D eigenvalue weighted by molar-refractivity contribution is 0.0982. The number of phenols is 1. The van der Waals surface area contributed by atoms with Crippen LogP contribution in [0.15, 0.2) is 18.2 Å². The number of rotatable bonds is 4. The minimum atomic E-state index is 0.174. The molecule has 20 heavy (non-hydrogen) atoms. The number of hydrogen-bond donors (Lipinski definition) is 2. The van der Waals surface area contributed by atoms with Crippen LogP contribution in [-0.2, 0) is 0 Å². The van der Waals surface area contributed by atoms with E-state index in [2.05, 4.69) is 18.7 Å². The van der Waals surface area contributed by atoms with Crippen LogP contribution in [0.5, 0.6) is 11.5 Å². The highest BCUT2D eigenvalue weighted by molar-refractivity contribution is 5.42. The molecule has 3 unspecified atom stereocenters. The van der Waals surface area contributed by atoms with Crippen LogP contribution < -0.4 is 10.5 Å². The molecule has 1 saturated heterocycles. The molecule has 0 aliphatic carbocycles. The van der Waals surface area contributed by atoms with E-state index >= 15 is 0 Å². The molecule has 3 atom stereocenters. The van der Waals surface area contributed by atoms with Crippen LogP contribution in [0.25, 0.3) is 0 Å². The first-order chi connectivity index (χ1) is 9.55. The number of likely N-dealkylation sites (tertiary alicyclic amines) is 1. The molecule has 2 rings (SSSR count). The van der Waals surface area contributed by atoms with E-state index < -0.39 is 0 Å². The number of nitrogens with zero attached hydrogens (tertiary/aromatic N) is 1. The maximum Gasteiger partial charge on any atom is 0.160 e. The first-order valence-electron chi connectivity index (χ1n) is 7.36. The SMILES string of the molecule is COc1cc(C(CN)N2CC(C)CC(C)C2)ccc1O. The second-order valence-electron chi connectivity index (χ2n) is 6.08. The second-order valence-corrected chi connectivity index (χ2v) is 6.08. The quantitative estimate of drug-likeness (QED) is 0.888. The second kappa shape index (κ2) is 6.46. The van der Waals surface area contributed by atoms with Gasteiger partial charge in [0, 0.05) is 25.7 Å². The van der Waals surface area contributed by atoms with Gasteiger partial charge in [0.1, 0.15) is 0 Å². The van der Waals surface area contributed by atoms with Crippen molar-refractivity contribution in [3.8, 4) is 11.5 Å². The summed E-state index contributed by atoms with van der Waals surface area (Å²) < 4.78 is 5.20. The Labute approximate surface area is 121 Å². The summed E-state index contributed by atoms with van der Waals surface area (Å²) in [5.74, 6) is 2.09. The summed E-state index contributed by atoms with van der Waals surface area (Å²) in [6.45, 7) is 7.33. The molecule has 3 N–H and O–H groups in total. The largest absolute Gasteiger partial charge is 0.504 e. The summed E-state index contributed by atoms with van der Waals surface area (Å²) in [6, 6.07) is 5.72.